The highest BCUT2D eigenvalue weighted by molar-refractivity contribution is 5.69. The van der Waals surface area contributed by atoms with Crippen LogP contribution in [0.1, 0.15) is 19.3 Å². The number of pyridine rings is 1. The van der Waals surface area contributed by atoms with Crippen molar-refractivity contribution in [3.05, 3.63) is 36.4 Å². The van der Waals surface area contributed by atoms with E-state index in [9.17, 15) is 0 Å². The van der Waals surface area contributed by atoms with Gasteiger partial charge in [-0.2, -0.15) is 0 Å². The molecule has 0 radical (unpaired) electrons. The largest absolute Gasteiger partial charge is 0.496 e. The molecule has 1 aromatic carbocycles. The van der Waals surface area contributed by atoms with E-state index in [1.165, 1.54) is 12.8 Å². The molecule has 1 aromatic heterocycles. The number of anilines is 1. The van der Waals surface area contributed by atoms with E-state index < -0.39 is 0 Å². The lowest BCUT2D eigenvalue weighted by Crippen LogP contribution is -2.23. The lowest BCUT2D eigenvalue weighted by atomic mass is 10.1. The number of rotatable bonds is 6. The van der Waals surface area contributed by atoms with E-state index in [-0.39, 0.29) is 0 Å². The summed E-state index contributed by atoms with van der Waals surface area (Å²) in [4.78, 5) is 4.34. The molecule has 1 atom stereocenters. The summed E-state index contributed by atoms with van der Waals surface area (Å²) in [7, 11) is 1.65. The van der Waals surface area contributed by atoms with Gasteiger partial charge in [0.15, 0.2) is 0 Å². The summed E-state index contributed by atoms with van der Waals surface area (Å²) in [5, 5.41) is 3.48. The molecule has 1 saturated heterocycles. The normalized spacial score (nSPS) is 17.2. The lowest BCUT2D eigenvalue weighted by molar-refractivity contribution is 0.290. The van der Waals surface area contributed by atoms with Crippen molar-refractivity contribution < 1.29 is 9.47 Å². The number of hydrogen-bond donors (Lipinski definition) is 2. The molecular weight excluding hydrogens is 290 g/mol. The van der Waals surface area contributed by atoms with E-state index in [2.05, 4.69) is 10.3 Å². The number of nitrogens with one attached hydrogen (secondary N) is 1. The number of aromatic nitrogens is 1. The van der Waals surface area contributed by atoms with Crippen LogP contribution in [0.4, 0.5) is 5.82 Å². The molecule has 1 aliphatic heterocycles. The van der Waals surface area contributed by atoms with Gasteiger partial charge in [0.05, 0.1) is 19.4 Å². The standard InChI is InChI=1S/C18H23N3O2/c1-22-17-12-14(23-11-9-13-4-3-10-20-13)7-8-15(17)16-5-2-6-18(19)21-16/h2,5-8,12-13,20H,3-4,9-11H2,1H3,(H2,19,21). The van der Waals surface area contributed by atoms with Crippen molar-refractivity contribution in [3.8, 4) is 22.8 Å². The summed E-state index contributed by atoms with van der Waals surface area (Å²) >= 11 is 0. The minimum absolute atomic E-state index is 0.494. The van der Waals surface area contributed by atoms with E-state index in [0.717, 1.165) is 35.7 Å². The lowest BCUT2D eigenvalue weighted by Gasteiger charge is -2.13. The topological polar surface area (TPSA) is 69.4 Å². The Balaban J connectivity index is 1.69. The predicted octanol–water partition coefficient (Wildman–Crippen LogP) is 2.86. The van der Waals surface area contributed by atoms with Crippen LogP contribution in [0.2, 0.25) is 0 Å². The molecule has 3 N–H and O–H groups in total. The van der Waals surface area contributed by atoms with Gasteiger partial charge in [-0.3, -0.25) is 0 Å². The van der Waals surface area contributed by atoms with E-state index in [1.807, 2.05) is 30.3 Å². The Labute approximate surface area is 136 Å². The van der Waals surface area contributed by atoms with Crippen molar-refractivity contribution in [1.29, 1.82) is 0 Å². The van der Waals surface area contributed by atoms with E-state index in [0.29, 0.717) is 18.5 Å². The van der Waals surface area contributed by atoms with Crippen LogP contribution in [-0.4, -0.2) is 31.3 Å². The summed E-state index contributed by atoms with van der Waals surface area (Å²) < 4.78 is 11.3. The predicted molar refractivity (Wildman–Crippen MR) is 91.8 cm³/mol. The van der Waals surface area contributed by atoms with Crippen molar-refractivity contribution in [3.63, 3.8) is 0 Å². The van der Waals surface area contributed by atoms with Crippen molar-refractivity contribution >= 4 is 5.82 Å². The first-order chi connectivity index (χ1) is 11.3. The van der Waals surface area contributed by atoms with Crippen molar-refractivity contribution in [2.45, 2.75) is 25.3 Å². The van der Waals surface area contributed by atoms with E-state index >= 15 is 0 Å². The van der Waals surface area contributed by atoms with Crippen LogP contribution in [-0.2, 0) is 0 Å². The second-order valence-corrected chi connectivity index (χ2v) is 5.74. The van der Waals surface area contributed by atoms with Crippen LogP contribution in [0.15, 0.2) is 36.4 Å². The summed E-state index contributed by atoms with van der Waals surface area (Å²) in [5.41, 5.74) is 7.46. The smallest absolute Gasteiger partial charge is 0.131 e. The zero-order chi connectivity index (χ0) is 16.1. The van der Waals surface area contributed by atoms with Gasteiger partial charge in [0, 0.05) is 17.7 Å². The summed E-state index contributed by atoms with van der Waals surface area (Å²) in [6.45, 7) is 1.83. The van der Waals surface area contributed by atoms with Gasteiger partial charge in [-0.1, -0.05) is 6.07 Å². The summed E-state index contributed by atoms with van der Waals surface area (Å²) in [6, 6.07) is 12.0. The van der Waals surface area contributed by atoms with Gasteiger partial charge in [0.2, 0.25) is 0 Å². The van der Waals surface area contributed by atoms with Gasteiger partial charge in [0.25, 0.3) is 0 Å². The third-order valence-corrected chi connectivity index (χ3v) is 4.12. The van der Waals surface area contributed by atoms with Crippen LogP contribution in [0.5, 0.6) is 11.5 Å². The summed E-state index contributed by atoms with van der Waals surface area (Å²) in [5.74, 6) is 2.04. The first-order valence-electron chi connectivity index (χ1n) is 8.03. The fourth-order valence-electron chi connectivity index (χ4n) is 2.90. The maximum absolute atomic E-state index is 5.86. The molecule has 2 heterocycles. The van der Waals surface area contributed by atoms with Gasteiger partial charge in [0.1, 0.15) is 17.3 Å². The highest BCUT2D eigenvalue weighted by Gasteiger charge is 2.14. The van der Waals surface area contributed by atoms with Gasteiger partial charge in [-0.25, -0.2) is 4.98 Å². The molecular formula is C18H23N3O2. The zero-order valence-electron chi connectivity index (χ0n) is 13.4. The van der Waals surface area contributed by atoms with E-state index in [1.54, 1.807) is 13.2 Å². The third kappa shape index (κ3) is 3.93. The molecule has 0 aliphatic carbocycles. The SMILES string of the molecule is COc1cc(OCCC2CCCN2)ccc1-c1cccc(N)n1. The molecule has 0 bridgehead atoms. The van der Waals surface area contributed by atoms with Crippen LogP contribution in [0.25, 0.3) is 11.3 Å². The molecule has 0 saturated carbocycles. The molecule has 0 amide bonds. The first kappa shape index (κ1) is 15.6. The van der Waals surface area contributed by atoms with Crippen molar-refractivity contribution in [2.75, 3.05) is 26.0 Å². The van der Waals surface area contributed by atoms with Gasteiger partial charge in [-0.05, 0) is 50.1 Å². The number of benzene rings is 1. The Kier molecular flexibility index (Phi) is 4.98. The molecule has 5 heteroatoms. The second kappa shape index (κ2) is 7.33. The van der Waals surface area contributed by atoms with Crippen LogP contribution >= 0.6 is 0 Å². The van der Waals surface area contributed by atoms with Crippen molar-refractivity contribution in [1.82, 2.24) is 10.3 Å². The molecule has 3 rings (SSSR count). The number of methoxy groups -OCH3 is 1. The Morgan fingerprint density at radius 2 is 2.22 bits per heavy atom. The number of ether oxygens (including phenoxy) is 2. The van der Waals surface area contributed by atoms with Crippen LogP contribution in [0.3, 0.4) is 0 Å². The van der Waals surface area contributed by atoms with Crippen LogP contribution in [0, 0.1) is 0 Å². The van der Waals surface area contributed by atoms with Gasteiger partial charge < -0.3 is 20.5 Å². The maximum Gasteiger partial charge on any atom is 0.131 e. The Morgan fingerprint density at radius 3 is 2.96 bits per heavy atom. The monoisotopic (exact) mass is 313 g/mol. The molecule has 122 valence electrons. The average Bonchev–Trinajstić information content (AvgIpc) is 3.08. The van der Waals surface area contributed by atoms with Crippen molar-refractivity contribution in [2.24, 2.45) is 0 Å². The Hall–Kier alpha value is -2.27. The Bertz CT molecular complexity index is 654. The highest BCUT2D eigenvalue weighted by Crippen LogP contribution is 2.32. The quantitative estimate of drug-likeness (QED) is 0.858. The number of nitrogens with two attached hydrogens (primary N) is 1. The fraction of sp³-hybridized carbons (Fsp3) is 0.389. The molecule has 5 nitrogen and oxygen atoms in total. The fourth-order valence-corrected chi connectivity index (χ4v) is 2.90. The molecule has 2 aromatic rings. The first-order valence-corrected chi connectivity index (χ1v) is 8.03. The number of hydrogen-bond acceptors (Lipinski definition) is 5. The average molecular weight is 313 g/mol. The van der Waals surface area contributed by atoms with E-state index in [4.69, 9.17) is 15.2 Å². The minimum Gasteiger partial charge on any atom is -0.496 e. The van der Waals surface area contributed by atoms with Crippen LogP contribution < -0.4 is 20.5 Å². The molecule has 0 spiro atoms. The molecule has 1 unspecified atom stereocenters. The maximum atomic E-state index is 5.86. The zero-order valence-corrected chi connectivity index (χ0v) is 13.4. The molecule has 1 fully saturated rings. The Morgan fingerprint density at radius 1 is 1.30 bits per heavy atom. The van der Waals surface area contributed by atoms with Gasteiger partial charge in [-0.15, -0.1) is 0 Å². The minimum atomic E-state index is 0.494. The highest BCUT2D eigenvalue weighted by atomic mass is 16.5. The summed E-state index contributed by atoms with van der Waals surface area (Å²) in [6.07, 6.45) is 3.54. The number of nitrogen functional groups attached to an aromatic ring is 1. The second-order valence-electron chi connectivity index (χ2n) is 5.74. The number of nitrogens with zero attached hydrogens (tertiary/aromatic N) is 1. The van der Waals surface area contributed by atoms with Gasteiger partial charge >= 0.3 is 0 Å². The molecule has 1 aliphatic rings. The third-order valence-electron chi connectivity index (χ3n) is 4.12. The molecule has 23 heavy (non-hydrogen) atoms.